The number of benzene rings is 2. The molecule has 0 radical (unpaired) electrons. The molecular weight excluding hydrogens is 357 g/mol. The van der Waals surface area contributed by atoms with Gasteiger partial charge in [0.1, 0.15) is 0 Å². The first kappa shape index (κ1) is 18.8. The van der Waals surface area contributed by atoms with E-state index < -0.39 is 23.6 Å². The largest absolute Gasteiger partial charge is 0.416 e. The van der Waals surface area contributed by atoms with E-state index in [1.54, 1.807) is 12.1 Å². The second-order valence-corrected chi connectivity index (χ2v) is 5.72. The van der Waals surface area contributed by atoms with Gasteiger partial charge in [0.05, 0.1) is 16.3 Å². The third-order valence-electron chi connectivity index (χ3n) is 3.32. The fraction of sp³-hybridized carbons (Fsp3) is 0.176. The van der Waals surface area contributed by atoms with Crippen LogP contribution in [0.2, 0.25) is 5.02 Å². The Hall–Kier alpha value is -2.54. The van der Waals surface area contributed by atoms with Gasteiger partial charge in [-0.25, -0.2) is 0 Å². The highest BCUT2D eigenvalue weighted by molar-refractivity contribution is 6.41. The van der Waals surface area contributed by atoms with Crippen molar-refractivity contribution in [2.75, 3.05) is 5.32 Å². The molecule has 25 heavy (non-hydrogen) atoms. The van der Waals surface area contributed by atoms with Crippen molar-refractivity contribution in [2.45, 2.75) is 19.6 Å². The van der Waals surface area contributed by atoms with Gasteiger partial charge in [-0.2, -0.15) is 13.2 Å². The first-order valence-corrected chi connectivity index (χ1v) is 7.56. The molecule has 8 heteroatoms. The Labute approximate surface area is 147 Å². The van der Waals surface area contributed by atoms with Crippen molar-refractivity contribution < 1.29 is 22.8 Å². The van der Waals surface area contributed by atoms with E-state index in [1.165, 1.54) is 0 Å². The first-order valence-electron chi connectivity index (χ1n) is 7.18. The van der Waals surface area contributed by atoms with Crippen molar-refractivity contribution in [3.8, 4) is 0 Å². The zero-order chi connectivity index (χ0) is 18.6. The molecule has 0 aliphatic rings. The van der Waals surface area contributed by atoms with Crippen molar-refractivity contribution in [1.82, 2.24) is 5.32 Å². The Morgan fingerprint density at radius 3 is 2.28 bits per heavy atom. The Balaban J connectivity index is 2.01. The quantitative estimate of drug-likeness (QED) is 0.804. The summed E-state index contributed by atoms with van der Waals surface area (Å²) in [7, 11) is 0. The summed E-state index contributed by atoms with van der Waals surface area (Å²) < 4.78 is 38.1. The highest BCUT2D eigenvalue weighted by Gasteiger charge is 2.31. The molecule has 0 spiro atoms. The molecule has 2 aromatic carbocycles. The molecule has 0 heterocycles. The molecule has 2 aromatic rings. The lowest BCUT2D eigenvalue weighted by molar-refractivity contribution is -0.137. The highest BCUT2D eigenvalue weighted by Crippen LogP contribution is 2.33. The Kier molecular flexibility index (Phi) is 5.69. The van der Waals surface area contributed by atoms with Gasteiger partial charge in [0, 0.05) is 6.54 Å². The maximum Gasteiger partial charge on any atom is 0.416 e. The molecule has 0 atom stereocenters. The second-order valence-electron chi connectivity index (χ2n) is 5.31. The molecule has 132 valence electrons. The zero-order valence-corrected chi connectivity index (χ0v) is 13.8. The SMILES string of the molecule is Cc1ccc(CNC(=O)C(=O)Nc2cc(C(F)(F)F)ccc2Cl)cc1. The second kappa shape index (κ2) is 7.57. The van der Waals surface area contributed by atoms with Crippen LogP contribution in [0.1, 0.15) is 16.7 Å². The number of amides is 2. The van der Waals surface area contributed by atoms with Crippen molar-refractivity contribution in [3.05, 3.63) is 64.2 Å². The average Bonchev–Trinajstić information content (AvgIpc) is 2.55. The Bertz CT molecular complexity index is 789. The van der Waals surface area contributed by atoms with E-state index >= 15 is 0 Å². The number of carbonyl (C=O) groups excluding carboxylic acids is 2. The summed E-state index contributed by atoms with van der Waals surface area (Å²) in [4.78, 5) is 23.6. The molecule has 0 saturated carbocycles. The minimum absolute atomic E-state index is 0.104. The van der Waals surface area contributed by atoms with Crippen LogP contribution in [0.15, 0.2) is 42.5 Å². The van der Waals surface area contributed by atoms with Crippen LogP contribution in [0.25, 0.3) is 0 Å². The molecule has 2 rings (SSSR count). The molecule has 2 N–H and O–H groups in total. The maximum atomic E-state index is 12.7. The number of hydrogen-bond donors (Lipinski definition) is 2. The molecular formula is C17H14ClF3N2O2. The number of hydrogen-bond acceptors (Lipinski definition) is 2. The molecule has 0 unspecified atom stereocenters. The van der Waals surface area contributed by atoms with E-state index in [-0.39, 0.29) is 17.3 Å². The van der Waals surface area contributed by atoms with Gasteiger partial charge >= 0.3 is 18.0 Å². The molecule has 2 amide bonds. The molecule has 0 aromatic heterocycles. The van der Waals surface area contributed by atoms with Gasteiger partial charge in [-0.15, -0.1) is 0 Å². The third kappa shape index (κ3) is 5.22. The fourth-order valence-electron chi connectivity index (χ4n) is 1.95. The summed E-state index contributed by atoms with van der Waals surface area (Å²) in [5, 5.41) is 4.37. The fourth-order valence-corrected chi connectivity index (χ4v) is 2.11. The van der Waals surface area contributed by atoms with Crippen LogP contribution < -0.4 is 10.6 Å². The minimum atomic E-state index is -4.59. The van der Waals surface area contributed by atoms with Gasteiger partial charge in [0.15, 0.2) is 0 Å². The standard InChI is InChI=1S/C17H14ClF3N2O2/c1-10-2-4-11(5-3-10)9-22-15(24)16(25)23-14-8-12(17(19,20)21)6-7-13(14)18/h2-8H,9H2,1H3,(H,22,24)(H,23,25). The Morgan fingerprint density at radius 2 is 1.68 bits per heavy atom. The van der Waals surface area contributed by atoms with Crippen molar-refractivity contribution in [2.24, 2.45) is 0 Å². The molecule has 0 fully saturated rings. The molecule has 0 saturated heterocycles. The third-order valence-corrected chi connectivity index (χ3v) is 3.65. The highest BCUT2D eigenvalue weighted by atomic mass is 35.5. The van der Waals surface area contributed by atoms with E-state index in [0.29, 0.717) is 6.07 Å². The summed E-state index contributed by atoms with van der Waals surface area (Å²) >= 11 is 5.77. The van der Waals surface area contributed by atoms with Gasteiger partial charge in [-0.3, -0.25) is 9.59 Å². The van der Waals surface area contributed by atoms with Crippen LogP contribution in [-0.4, -0.2) is 11.8 Å². The van der Waals surface area contributed by atoms with Gasteiger partial charge in [0.2, 0.25) is 0 Å². The predicted octanol–water partition coefficient (Wildman–Crippen LogP) is 3.92. The molecule has 0 aliphatic heterocycles. The van der Waals surface area contributed by atoms with Crippen LogP contribution in [0.4, 0.5) is 18.9 Å². The topological polar surface area (TPSA) is 58.2 Å². The van der Waals surface area contributed by atoms with Crippen LogP contribution >= 0.6 is 11.6 Å². The number of alkyl halides is 3. The van der Waals surface area contributed by atoms with Crippen molar-refractivity contribution in [1.29, 1.82) is 0 Å². The Morgan fingerprint density at radius 1 is 1.04 bits per heavy atom. The molecule has 0 aliphatic carbocycles. The van der Waals surface area contributed by atoms with Crippen LogP contribution in [0, 0.1) is 6.92 Å². The lowest BCUT2D eigenvalue weighted by atomic mass is 10.1. The smallest absolute Gasteiger partial charge is 0.344 e. The predicted molar refractivity (Wildman–Crippen MR) is 88.1 cm³/mol. The van der Waals surface area contributed by atoms with Gasteiger partial charge in [0.25, 0.3) is 0 Å². The van der Waals surface area contributed by atoms with Crippen molar-refractivity contribution in [3.63, 3.8) is 0 Å². The van der Waals surface area contributed by atoms with Gasteiger partial charge < -0.3 is 10.6 Å². The lowest BCUT2D eigenvalue weighted by Gasteiger charge is -2.11. The minimum Gasteiger partial charge on any atom is -0.344 e. The average molecular weight is 371 g/mol. The van der Waals surface area contributed by atoms with Gasteiger partial charge in [-0.05, 0) is 30.7 Å². The number of anilines is 1. The van der Waals surface area contributed by atoms with Gasteiger partial charge in [-0.1, -0.05) is 41.4 Å². The van der Waals surface area contributed by atoms with Crippen LogP contribution in [-0.2, 0) is 22.3 Å². The lowest BCUT2D eigenvalue weighted by Crippen LogP contribution is -2.35. The number of nitrogens with one attached hydrogen (secondary N) is 2. The first-order chi connectivity index (χ1) is 11.7. The molecule has 4 nitrogen and oxygen atoms in total. The molecule has 0 bridgehead atoms. The summed E-state index contributed by atoms with van der Waals surface area (Å²) in [6.07, 6.45) is -4.59. The van der Waals surface area contributed by atoms with Crippen LogP contribution in [0.3, 0.4) is 0 Å². The number of carbonyl (C=O) groups is 2. The summed E-state index contributed by atoms with van der Waals surface area (Å²) in [6, 6.07) is 9.75. The zero-order valence-electron chi connectivity index (χ0n) is 13.1. The number of halogens is 4. The monoisotopic (exact) mass is 370 g/mol. The normalized spacial score (nSPS) is 11.1. The van der Waals surface area contributed by atoms with Crippen LogP contribution in [0.5, 0.6) is 0 Å². The summed E-state index contributed by atoms with van der Waals surface area (Å²) in [5.41, 5.74) is 0.565. The van der Waals surface area contributed by atoms with E-state index in [9.17, 15) is 22.8 Å². The summed E-state index contributed by atoms with van der Waals surface area (Å²) in [5.74, 6) is -2.08. The summed E-state index contributed by atoms with van der Waals surface area (Å²) in [6.45, 7) is 2.03. The van der Waals surface area contributed by atoms with E-state index in [4.69, 9.17) is 11.6 Å². The number of aryl methyl sites for hydroxylation is 1. The maximum absolute atomic E-state index is 12.7. The number of rotatable bonds is 3. The van der Waals surface area contributed by atoms with E-state index in [1.807, 2.05) is 19.1 Å². The van der Waals surface area contributed by atoms with Crippen molar-refractivity contribution >= 4 is 29.1 Å². The van der Waals surface area contributed by atoms with E-state index in [0.717, 1.165) is 23.3 Å². The van der Waals surface area contributed by atoms with E-state index in [2.05, 4.69) is 10.6 Å².